The quantitative estimate of drug-likeness (QED) is 0.713. The van der Waals surface area contributed by atoms with Gasteiger partial charge in [-0.3, -0.25) is 4.79 Å². The number of carbonyl (C=O) groups excluding carboxylic acids is 1. The molecule has 5 nitrogen and oxygen atoms in total. The summed E-state index contributed by atoms with van der Waals surface area (Å²) in [5, 5.41) is 3.11. The van der Waals surface area contributed by atoms with E-state index in [0.717, 1.165) is 24.1 Å². The van der Waals surface area contributed by atoms with Crippen molar-refractivity contribution in [2.24, 2.45) is 5.92 Å². The number of hydrogen-bond acceptors (Lipinski definition) is 4. The molecule has 0 amide bonds. The third kappa shape index (κ3) is 5.00. The second kappa shape index (κ2) is 8.29. The van der Waals surface area contributed by atoms with E-state index < -0.39 is 28.2 Å². The van der Waals surface area contributed by atoms with Crippen LogP contribution in [0.2, 0.25) is 0 Å². The van der Waals surface area contributed by atoms with Crippen LogP contribution >= 0.6 is 0 Å². The first kappa shape index (κ1) is 19.7. The van der Waals surface area contributed by atoms with Crippen LogP contribution in [0.3, 0.4) is 0 Å². The lowest BCUT2D eigenvalue weighted by Gasteiger charge is -2.12. The molecule has 0 radical (unpaired) electrons. The minimum absolute atomic E-state index is 0.0289. The average Bonchev–Trinajstić information content (AvgIpc) is 3.15. The van der Waals surface area contributed by atoms with Crippen LogP contribution in [0.5, 0.6) is 0 Å². The van der Waals surface area contributed by atoms with E-state index in [2.05, 4.69) is 10.0 Å². The van der Waals surface area contributed by atoms with E-state index >= 15 is 0 Å². The third-order valence-electron chi connectivity index (χ3n) is 4.73. The Morgan fingerprint density at radius 1 is 1.22 bits per heavy atom. The van der Waals surface area contributed by atoms with Crippen LogP contribution in [-0.4, -0.2) is 39.6 Å². The molecule has 27 heavy (non-hydrogen) atoms. The van der Waals surface area contributed by atoms with Gasteiger partial charge in [0.25, 0.3) is 0 Å². The molecule has 7 heteroatoms. The Morgan fingerprint density at radius 3 is 2.63 bits per heavy atom. The number of carbonyl (C=O) groups is 1. The highest BCUT2D eigenvalue weighted by molar-refractivity contribution is 7.89. The molecule has 3 rings (SSSR count). The zero-order valence-corrected chi connectivity index (χ0v) is 16.0. The normalized spacial score (nSPS) is 17.2. The van der Waals surface area contributed by atoms with E-state index in [9.17, 15) is 17.6 Å². The molecule has 1 fully saturated rings. The highest BCUT2D eigenvalue weighted by Gasteiger charge is 2.24. The fourth-order valence-corrected chi connectivity index (χ4v) is 4.64. The Kier molecular flexibility index (Phi) is 6.04. The first-order chi connectivity index (χ1) is 12.9. The Morgan fingerprint density at radius 2 is 1.96 bits per heavy atom. The summed E-state index contributed by atoms with van der Waals surface area (Å²) in [6.45, 7) is 2.60. The highest BCUT2D eigenvalue weighted by Crippen LogP contribution is 2.25. The van der Waals surface area contributed by atoms with Gasteiger partial charge in [-0.15, -0.1) is 0 Å². The summed E-state index contributed by atoms with van der Waals surface area (Å²) in [5.41, 5.74) is 1.83. The fourth-order valence-electron chi connectivity index (χ4n) is 3.27. The molecule has 1 heterocycles. The van der Waals surface area contributed by atoms with Crippen molar-refractivity contribution in [1.82, 2.24) is 10.0 Å². The van der Waals surface area contributed by atoms with Crippen LogP contribution in [0.1, 0.15) is 22.3 Å². The molecule has 0 aliphatic carbocycles. The molecular weight excluding hydrogens is 367 g/mol. The van der Waals surface area contributed by atoms with E-state index in [0.29, 0.717) is 12.1 Å². The molecular formula is C20H23FN2O3S. The number of halogens is 1. The van der Waals surface area contributed by atoms with Gasteiger partial charge in [0.05, 0.1) is 17.9 Å². The monoisotopic (exact) mass is 390 g/mol. The maximum atomic E-state index is 14.5. The van der Waals surface area contributed by atoms with Crippen molar-refractivity contribution in [3.63, 3.8) is 0 Å². The molecule has 144 valence electrons. The molecule has 1 atom stereocenters. The van der Waals surface area contributed by atoms with Crippen molar-refractivity contribution in [2.75, 3.05) is 25.4 Å². The zero-order valence-electron chi connectivity index (χ0n) is 15.2. The number of hydrogen-bond donors (Lipinski definition) is 2. The maximum absolute atomic E-state index is 14.5. The molecule has 0 spiro atoms. The smallest absolute Gasteiger partial charge is 0.212 e. The van der Waals surface area contributed by atoms with Crippen LogP contribution in [-0.2, 0) is 10.0 Å². The summed E-state index contributed by atoms with van der Waals surface area (Å²) in [4.78, 5) is 12.5. The number of ketones is 1. The Balaban J connectivity index is 1.75. The maximum Gasteiger partial charge on any atom is 0.212 e. The van der Waals surface area contributed by atoms with Crippen LogP contribution in [0.4, 0.5) is 4.39 Å². The molecule has 2 N–H and O–H groups in total. The summed E-state index contributed by atoms with van der Waals surface area (Å²) in [7, 11) is -3.59. The molecule has 0 saturated carbocycles. The lowest BCUT2D eigenvalue weighted by atomic mass is 9.98. The predicted molar refractivity (Wildman–Crippen MR) is 104 cm³/mol. The Hall–Kier alpha value is -2.09. The molecule has 2 aromatic carbocycles. The van der Waals surface area contributed by atoms with E-state index in [1.54, 1.807) is 13.0 Å². The number of rotatable bonds is 7. The number of benzene rings is 2. The van der Waals surface area contributed by atoms with Gasteiger partial charge in [0.15, 0.2) is 5.78 Å². The summed E-state index contributed by atoms with van der Waals surface area (Å²) in [6, 6.07) is 12.5. The van der Waals surface area contributed by atoms with Crippen LogP contribution in [0.15, 0.2) is 42.5 Å². The van der Waals surface area contributed by atoms with E-state index in [-0.39, 0.29) is 17.2 Å². The van der Waals surface area contributed by atoms with Crippen molar-refractivity contribution < 1.29 is 17.6 Å². The fraction of sp³-hybridized carbons (Fsp3) is 0.350. The Bertz CT molecular complexity index is 924. The van der Waals surface area contributed by atoms with Crippen LogP contribution < -0.4 is 10.0 Å². The molecule has 1 aliphatic heterocycles. The molecule has 1 unspecified atom stereocenters. The molecule has 0 bridgehead atoms. The predicted octanol–water partition coefficient (Wildman–Crippen LogP) is 2.51. The van der Waals surface area contributed by atoms with Gasteiger partial charge in [-0.2, -0.15) is 0 Å². The van der Waals surface area contributed by atoms with Crippen molar-refractivity contribution in [3.05, 3.63) is 59.4 Å². The summed E-state index contributed by atoms with van der Waals surface area (Å²) in [5.74, 6) is -1.18. The largest absolute Gasteiger partial charge is 0.316 e. The van der Waals surface area contributed by atoms with Gasteiger partial charge in [0.1, 0.15) is 5.82 Å². The van der Waals surface area contributed by atoms with Gasteiger partial charge in [0, 0.05) is 0 Å². The second-order valence-electron chi connectivity index (χ2n) is 6.91. The van der Waals surface area contributed by atoms with E-state index in [1.807, 2.05) is 30.3 Å². The van der Waals surface area contributed by atoms with Crippen molar-refractivity contribution >= 4 is 15.8 Å². The third-order valence-corrected chi connectivity index (χ3v) is 6.23. The van der Waals surface area contributed by atoms with Crippen molar-refractivity contribution in [3.8, 4) is 11.1 Å². The zero-order chi connectivity index (χ0) is 19.4. The number of aryl methyl sites for hydroxylation is 1. The number of Topliss-reactive ketones (excluding diaryl/α,β-unsaturated/α-hetero) is 1. The van der Waals surface area contributed by atoms with Gasteiger partial charge in [-0.25, -0.2) is 17.5 Å². The summed E-state index contributed by atoms with van der Waals surface area (Å²) in [6.07, 6.45) is 0.793. The Labute approximate surface area is 159 Å². The molecule has 1 saturated heterocycles. The van der Waals surface area contributed by atoms with Crippen molar-refractivity contribution in [2.45, 2.75) is 13.3 Å². The van der Waals surface area contributed by atoms with E-state index in [4.69, 9.17) is 0 Å². The average molecular weight is 390 g/mol. The van der Waals surface area contributed by atoms with Gasteiger partial charge >= 0.3 is 0 Å². The first-order valence-electron chi connectivity index (χ1n) is 8.92. The second-order valence-corrected chi connectivity index (χ2v) is 8.76. The minimum Gasteiger partial charge on any atom is -0.316 e. The summed E-state index contributed by atoms with van der Waals surface area (Å²) < 4.78 is 41.2. The van der Waals surface area contributed by atoms with Gasteiger partial charge in [-0.05, 0) is 61.2 Å². The van der Waals surface area contributed by atoms with E-state index in [1.165, 1.54) is 6.07 Å². The lowest BCUT2D eigenvalue weighted by molar-refractivity contribution is 0.0993. The van der Waals surface area contributed by atoms with Crippen molar-refractivity contribution in [1.29, 1.82) is 0 Å². The standard InChI is InChI=1S/C20H23FN2O3S/c1-14-9-17(16-5-3-2-4-6-16)10-18(20(14)21)19(24)12-23-27(25,26)13-15-7-8-22-11-15/h2-6,9-10,15,22-23H,7-8,11-13H2,1H3. The molecule has 2 aromatic rings. The SMILES string of the molecule is Cc1cc(-c2ccccc2)cc(C(=O)CNS(=O)(=O)CC2CCNC2)c1F. The minimum atomic E-state index is -3.59. The molecule has 1 aliphatic rings. The van der Waals surface area contributed by atoms with Gasteiger partial charge < -0.3 is 5.32 Å². The van der Waals surface area contributed by atoms with Crippen LogP contribution in [0.25, 0.3) is 11.1 Å². The topological polar surface area (TPSA) is 75.3 Å². The van der Waals surface area contributed by atoms with Crippen LogP contribution in [0, 0.1) is 18.7 Å². The summed E-state index contributed by atoms with van der Waals surface area (Å²) >= 11 is 0. The van der Waals surface area contributed by atoms with Gasteiger partial charge in [0.2, 0.25) is 10.0 Å². The first-order valence-corrected chi connectivity index (χ1v) is 10.6. The lowest BCUT2D eigenvalue weighted by Crippen LogP contribution is -2.34. The molecule has 0 aromatic heterocycles. The number of sulfonamides is 1. The number of nitrogens with one attached hydrogen (secondary N) is 2. The van der Waals surface area contributed by atoms with Gasteiger partial charge in [-0.1, -0.05) is 30.3 Å². The highest BCUT2D eigenvalue weighted by atomic mass is 32.2.